The van der Waals surface area contributed by atoms with Gasteiger partial charge in [-0.15, -0.1) is 0 Å². The highest BCUT2D eigenvalue weighted by atomic mass is 16.1. The highest BCUT2D eigenvalue weighted by Gasteiger charge is 1.97. The smallest absolute Gasteiger partial charge is 0.234 e. The SMILES string of the molecule is N#CN(C=O)CCCCCCN=C=O. The maximum atomic E-state index is 10.2. The van der Waals surface area contributed by atoms with Gasteiger partial charge < -0.3 is 0 Å². The Bertz CT molecular complexity index is 241. The molecule has 0 saturated carbocycles. The Morgan fingerprint density at radius 2 is 2.00 bits per heavy atom. The molecule has 0 rings (SSSR count). The van der Waals surface area contributed by atoms with Crippen LogP contribution in [0, 0.1) is 11.5 Å². The van der Waals surface area contributed by atoms with Crippen LogP contribution in [-0.4, -0.2) is 30.5 Å². The number of aliphatic imine (C=N–C) groups is 1. The van der Waals surface area contributed by atoms with E-state index in [1.54, 1.807) is 6.19 Å². The molecular weight excluding hydrogens is 182 g/mol. The van der Waals surface area contributed by atoms with Crippen molar-refractivity contribution in [2.45, 2.75) is 25.7 Å². The third-order valence-electron chi connectivity index (χ3n) is 1.74. The molecule has 76 valence electrons. The predicted molar refractivity (Wildman–Crippen MR) is 49.8 cm³/mol. The molecule has 0 N–H and O–H groups in total. The normalized spacial score (nSPS) is 8.50. The summed E-state index contributed by atoms with van der Waals surface area (Å²) in [6.45, 7) is 0.982. The Kier molecular flexibility index (Phi) is 8.31. The molecule has 0 heterocycles. The molecule has 0 aliphatic rings. The fourth-order valence-electron chi connectivity index (χ4n) is 0.998. The fraction of sp³-hybridized carbons (Fsp3) is 0.667. The zero-order valence-corrected chi connectivity index (χ0v) is 7.98. The van der Waals surface area contributed by atoms with Crippen LogP contribution in [0.15, 0.2) is 4.99 Å². The van der Waals surface area contributed by atoms with Crippen LogP contribution in [0.3, 0.4) is 0 Å². The lowest BCUT2D eigenvalue weighted by Gasteiger charge is -2.05. The van der Waals surface area contributed by atoms with Crippen LogP contribution < -0.4 is 0 Å². The Labute approximate surface area is 83.0 Å². The molecule has 0 aliphatic carbocycles. The van der Waals surface area contributed by atoms with Gasteiger partial charge in [0.25, 0.3) is 0 Å². The average molecular weight is 195 g/mol. The molecule has 0 aromatic heterocycles. The van der Waals surface area contributed by atoms with Gasteiger partial charge in [-0.25, -0.2) is 9.79 Å². The minimum Gasteiger partial charge on any atom is -0.278 e. The van der Waals surface area contributed by atoms with Gasteiger partial charge in [0.1, 0.15) is 0 Å². The minimum absolute atomic E-state index is 0.469. The summed E-state index contributed by atoms with van der Waals surface area (Å²) in [6.07, 6.45) is 7.29. The van der Waals surface area contributed by atoms with Gasteiger partial charge in [0, 0.05) is 6.54 Å². The lowest BCUT2D eigenvalue weighted by atomic mass is 10.2. The number of hydrogen-bond acceptors (Lipinski definition) is 4. The molecule has 0 bridgehead atoms. The summed E-state index contributed by atoms with van der Waals surface area (Å²) in [7, 11) is 0. The van der Waals surface area contributed by atoms with Crippen molar-refractivity contribution in [3.05, 3.63) is 0 Å². The van der Waals surface area contributed by atoms with E-state index in [9.17, 15) is 9.59 Å². The minimum atomic E-state index is 0.469. The number of unbranched alkanes of at least 4 members (excludes halogenated alkanes) is 3. The zero-order chi connectivity index (χ0) is 10.6. The van der Waals surface area contributed by atoms with Gasteiger partial charge in [0.15, 0.2) is 6.19 Å². The van der Waals surface area contributed by atoms with Crippen LogP contribution in [0.5, 0.6) is 0 Å². The first-order chi connectivity index (χ1) is 6.85. The number of carbonyl (C=O) groups is 1. The summed E-state index contributed by atoms with van der Waals surface area (Å²) in [4.78, 5) is 24.3. The molecule has 0 atom stereocenters. The first-order valence-electron chi connectivity index (χ1n) is 4.50. The second-order valence-electron chi connectivity index (χ2n) is 2.79. The van der Waals surface area contributed by atoms with E-state index in [0.29, 0.717) is 19.5 Å². The molecule has 0 unspecified atom stereocenters. The fourth-order valence-corrected chi connectivity index (χ4v) is 0.998. The number of isocyanates is 1. The summed E-state index contributed by atoms with van der Waals surface area (Å²) < 4.78 is 0. The van der Waals surface area contributed by atoms with E-state index in [-0.39, 0.29) is 0 Å². The van der Waals surface area contributed by atoms with E-state index >= 15 is 0 Å². The topological polar surface area (TPSA) is 73.5 Å². The van der Waals surface area contributed by atoms with Crippen molar-refractivity contribution >= 4 is 12.5 Å². The third-order valence-corrected chi connectivity index (χ3v) is 1.74. The Morgan fingerprint density at radius 1 is 1.29 bits per heavy atom. The van der Waals surface area contributed by atoms with Crippen molar-refractivity contribution in [2.24, 2.45) is 4.99 Å². The Balaban J connectivity index is 3.25. The third kappa shape index (κ3) is 7.01. The van der Waals surface area contributed by atoms with E-state index in [1.807, 2.05) is 0 Å². The molecule has 0 aromatic carbocycles. The van der Waals surface area contributed by atoms with Crippen molar-refractivity contribution in [3.63, 3.8) is 0 Å². The van der Waals surface area contributed by atoms with Crippen LogP contribution in [0.2, 0.25) is 0 Å². The van der Waals surface area contributed by atoms with E-state index in [0.717, 1.165) is 30.6 Å². The predicted octanol–water partition coefficient (Wildman–Crippen LogP) is 0.822. The number of hydrogen-bond donors (Lipinski definition) is 0. The van der Waals surface area contributed by atoms with Crippen molar-refractivity contribution < 1.29 is 9.59 Å². The number of nitrogens with zero attached hydrogens (tertiary/aromatic N) is 3. The van der Waals surface area contributed by atoms with Gasteiger partial charge in [-0.3, -0.25) is 9.69 Å². The van der Waals surface area contributed by atoms with E-state index in [1.165, 1.54) is 6.08 Å². The monoisotopic (exact) mass is 195 g/mol. The average Bonchev–Trinajstić information content (AvgIpc) is 2.22. The maximum absolute atomic E-state index is 10.2. The van der Waals surface area contributed by atoms with Gasteiger partial charge in [0.2, 0.25) is 12.5 Å². The van der Waals surface area contributed by atoms with Crippen LogP contribution in [0.25, 0.3) is 0 Å². The summed E-state index contributed by atoms with van der Waals surface area (Å²) in [5.74, 6) is 0. The zero-order valence-electron chi connectivity index (χ0n) is 7.98. The van der Waals surface area contributed by atoms with E-state index in [4.69, 9.17) is 5.26 Å². The van der Waals surface area contributed by atoms with Crippen molar-refractivity contribution in [3.8, 4) is 6.19 Å². The first-order valence-corrected chi connectivity index (χ1v) is 4.50. The summed E-state index contributed by atoms with van der Waals surface area (Å²) in [5, 5.41) is 8.39. The molecule has 14 heavy (non-hydrogen) atoms. The van der Waals surface area contributed by atoms with Gasteiger partial charge in [0.05, 0.1) is 6.54 Å². The highest BCUT2D eigenvalue weighted by Crippen LogP contribution is 2.00. The molecule has 5 nitrogen and oxygen atoms in total. The summed E-state index contributed by atoms with van der Waals surface area (Å²) in [5.41, 5.74) is 0. The molecule has 0 spiro atoms. The molecule has 0 saturated heterocycles. The van der Waals surface area contributed by atoms with Crippen LogP contribution in [-0.2, 0) is 9.59 Å². The molecular formula is C9H13N3O2. The molecule has 0 aliphatic heterocycles. The van der Waals surface area contributed by atoms with Crippen molar-refractivity contribution in [2.75, 3.05) is 13.1 Å². The second kappa shape index (κ2) is 9.43. The van der Waals surface area contributed by atoms with Crippen LogP contribution >= 0.6 is 0 Å². The molecule has 5 heteroatoms. The Morgan fingerprint density at radius 3 is 2.57 bits per heavy atom. The molecule has 0 fully saturated rings. The lowest BCUT2D eigenvalue weighted by molar-refractivity contribution is -0.115. The summed E-state index contributed by atoms with van der Waals surface area (Å²) in [6, 6.07) is 0. The van der Waals surface area contributed by atoms with Crippen LogP contribution in [0.4, 0.5) is 0 Å². The molecule has 0 aromatic rings. The number of rotatable bonds is 8. The number of nitriles is 1. The van der Waals surface area contributed by atoms with Crippen LogP contribution in [0.1, 0.15) is 25.7 Å². The van der Waals surface area contributed by atoms with E-state index in [2.05, 4.69) is 4.99 Å². The van der Waals surface area contributed by atoms with E-state index < -0.39 is 0 Å². The lowest BCUT2D eigenvalue weighted by Crippen LogP contribution is -2.16. The largest absolute Gasteiger partial charge is 0.278 e. The van der Waals surface area contributed by atoms with Gasteiger partial charge in [-0.1, -0.05) is 12.8 Å². The molecule has 0 radical (unpaired) electrons. The highest BCUT2D eigenvalue weighted by molar-refractivity contribution is 5.49. The molecule has 1 amide bonds. The standard InChI is InChI=1S/C9H13N3O2/c10-7-12(9-14)6-4-2-1-3-5-11-8-13/h9H,1-6H2. The quantitative estimate of drug-likeness (QED) is 0.144. The number of carbonyl (C=O) groups excluding carboxylic acids is 2. The second-order valence-corrected chi connectivity index (χ2v) is 2.79. The number of amides is 1. The van der Waals surface area contributed by atoms with Gasteiger partial charge in [-0.05, 0) is 12.8 Å². The van der Waals surface area contributed by atoms with Gasteiger partial charge >= 0.3 is 0 Å². The van der Waals surface area contributed by atoms with Crippen molar-refractivity contribution in [1.29, 1.82) is 5.26 Å². The van der Waals surface area contributed by atoms with Gasteiger partial charge in [-0.2, -0.15) is 5.26 Å². The maximum Gasteiger partial charge on any atom is 0.234 e. The first kappa shape index (κ1) is 12.3. The Hall–Kier alpha value is -1.66. The van der Waals surface area contributed by atoms with Crippen molar-refractivity contribution in [1.82, 2.24) is 4.90 Å². The summed E-state index contributed by atoms with van der Waals surface area (Å²) >= 11 is 0.